The molecule has 2 heterocycles. The van der Waals surface area contributed by atoms with Crippen LogP contribution in [0.25, 0.3) is 10.6 Å². The average molecular weight is 479 g/mol. The number of ether oxygens (including phenoxy) is 1. The van der Waals surface area contributed by atoms with Gasteiger partial charge in [-0.15, -0.1) is 11.3 Å². The molecule has 0 saturated carbocycles. The summed E-state index contributed by atoms with van der Waals surface area (Å²) in [5.41, 5.74) is 2.52. The second kappa shape index (κ2) is 11.8. The van der Waals surface area contributed by atoms with Crippen molar-refractivity contribution in [1.29, 1.82) is 0 Å². The van der Waals surface area contributed by atoms with E-state index in [9.17, 15) is 9.59 Å². The molecule has 3 aromatic rings. The van der Waals surface area contributed by atoms with Crippen LogP contribution in [0, 0.1) is 0 Å². The molecule has 2 amide bonds. The molecule has 1 aromatic heterocycles. The summed E-state index contributed by atoms with van der Waals surface area (Å²) >= 11 is 1.52. The predicted molar refractivity (Wildman–Crippen MR) is 135 cm³/mol. The molecule has 178 valence electrons. The van der Waals surface area contributed by atoms with Crippen molar-refractivity contribution in [2.75, 3.05) is 31.6 Å². The number of carbonyl (C=O) groups excluding carboxylic acids is 2. The number of hydrogen-bond acceptors (Lipinski definition) is 6. The van der Waals surface area contributed by atoms with E-state index in [0.717, 1.165) is 53.6 Å². The molecule has 1 fully saturated rings. The molecule has 2 N–H and O–H groups in total. The number of aromatic nitrogens is 1. The molecular formula is C26H30N4O3S. The van der Waals surface area contributed by atoms with Gasteiger partial charge in [-0.2, -0.15) is 0 Å². The molecule has 0 spiro atoms. The van der Waals surface area contributed by atoms with Gasteiger partial charge in [0.2, 0.25) is 11.8 Å². The highest BCUT2D eigenvalue weighted by molar-refractivity contribution is 7.13. The molecule has 1 aliphatic heterocycles. The number of amides is 2. The van der Waals surface area contributed by atoms with E-state index in [1.54, 1.807) is 0 Å². The van der Waals surface area contributed by atoms with Gasteiger partial charge in [0.25, 0.3) is 0 Å². The summed E-state index contributed by atoms with van der Waals surface area (Å²) in [6.07, 6.45) is 1.91. The summed E-state index contributed by atoms with van der Waals surface area (Å²) < 4.78 is 5.70. The maximum atomic E-state index is 12.6. The number of nitrogens with one attached hydrogen (secondary N) is 2. The Morgan fingerprint density at radius 3 is 2.56 bits per heavy atom. The lowest BCUT2D eigenvalue weighted by molar-refractivity contribution is -0.122. The fourth-order valence-corrected chi connectivity index (χ4v) is 4.89. The molecule has 34 heavy (non-hydrogen) atoms. The number of nitrogens with zero attached hydrogens (tertiary/aromatic N) is 2. The monoisotopic (exact) mass is 478 g/mol. The van der Waals surface area contributed by atoms with Crippen LogP contribution in [-0.2, 0) is 16.0 Å². The normalized spacial score (nSPS) is 14.5. The molecule has 8 heteroatoms. The van der Waals surface area contributed by atoms with Gasteiger partial charge in [-0.3, -0.25) is 14.5 Å². The highest BCUT2D eigenvalue weighted by Gasteiger charge is 2.22. The van der Waals surface area contributed by atoms with E-state index < -0.39 is 0 Å². The quantitative estimate of drug-likeness (QED) is 0.486. The molecule has 0 unspecified atom stereocenters. The van der Waals surface area contributed by atoms with Crippen molar-refractivity contribution in [3.8, 4) is 16.3 Å². The van der Waals surface area contributed by atoms with E-state index in [-0.39, 0.29) is 24.3 Å². The summed E-state index contributed by atoms with van der Waals surface area (Å²) in [6.45, 7) is 4.47. The zero-order valence-electron chi connectivity index (χ0n) is 19.3. The average Bonchev–Trinajstić information content (AvgIpc) is 3.29. The number of carbonyl (C=O) groups is 2. The second-order valence-electron chi connectivity index (χ2n) is 8.28. The zero-order valence-corrected chi connectivity index (χ0v) is 20.1. The van der Waals surface area contributed by atoms with E-state index in [4.69, 9.17) is 4.74 Å². The van der Waals surface area contributed by atoms with Gasteiger partial charge < -0.3 is 15.4 Å². The number of likely N-dealkylation sites (tertiary alicyclic amines) is 1. The van der Waals surface area contributed by atoms with Crippen molar-refractivity contribution in [3.05, 3.63) is 65.7 Å². The fraction of sp³-hybridized carbons (Fsp3) is 0.346. The first-order valence-corrected chi connectivity index (χ1v) is 12.5. The first kappa shape index (κ1) is 23.9. The third-order valence-electron chi connectivity index (χ3n) is 5.69. The van der Waals surface area contributed by atoms with Crippen LogP contribution in [0.4, 0.5) is 5.69 Å². The molecule has 1 saturated heterocycles. The summed E-state index contributed by atoms with van der Waals surface area (Å²) in [5, 5.41) is 8.85. The first-order valence-electron chi connectivity index (χ1n) is 11.6. The van der Waals surface area contributed by atoms with Crippen LogP contribution in [0.3, 0.4) is 0 Å². The number of thiazole rings is 1. The Hall–Kier alpha value is -3.23. The Balaban J connectivity index is 1.22. The van der Waals surface area contributed by atoms with Gasteiger partial charge in [-0.1, -0.05) is 30.3 Å². The van der Waals surface area contributed by atoms with Gasteiger partial charge in [-0.05, 0) is 44.0 Å². The van der Waals surface area contributed by atoms with E-state index in [1.165, 1.54) is 11.3 Å². The molecule has 0 bridgehead atoms. The SMILES string of the molecule is CCOc1ccccc1-c1nc(CC(=O)NC2CCN(CC(=O)Nc3ccccc3)CC2)cs1. The van der Waals surface area contributed by atoms with E-state index >= 15 is 0 Å². The third-order valence-corrected chi connectivity index (χ3v) is 6.61. The van der Waals surface area contributed by atoms with Crippen molar-refractivity contribution >= 4 is 28.8 Å². The number of piperidine rings is 1. The highest BCUT2D eigenvalue weighted by Crippen LogP contribution is 2.32. The number of benzene rings is 2. The maximum absolute atomic E-state index is 12.6. The van der Waals surface area contributed by atoms with Gasteiger partial charge in [0.05, 0.1) is 30.8 Å². The largest absolute Gasteiger partial charge is 0.493 e. The number of anilines is 1. The number of para-hydroxylation sites is 2. The molecule has 1 aliphatic rings. The van der Waals surface area contributed by atoms with Crippen molar-refractivity contribution in [1.82, 2.24) is 15.2 Å². The Bertz CT molecular complexity index is 1090. The van der Waals surface area contributed by atoms with Crippen molar-refractivity contribution in [2.45, 2.75) is 32.2 Å². The molecule has 0 radical (unpaired) electrons. The van der Waals surface area contributed by atoms with Gasteiger partial charge in [-0.25, -0.2) is 4.98 Å². The van der Waals surface area contributed by atoms with Crippen LogP contribution in [0.5, 0.6) is 5.75 Å². The fourth-order valence-electron chi connectivity index (χ4n) is 4.04. The summed E-state index contributed by atoms with van der Waals surface area (Å²) in [5.74, 6) is 0.772. The van der Waals surface area contributed by atoms with Crippen LogP contribution in [0.15, 0.2) is 60.0 Å². The van der Waals surface area contributed by atoms with Gasteiger partial charge in [0.15, 0.2) is 0 Å². The minimum atomic E-state index is -0.0183. The molecule has 0 aliphatic carbocycles. The lowest BCUT2D eigenvalue weighted by atomic mass is 10.0. The van der Waals surface area contributed by atoms with Crippen molar-refractivity contribution in [2.24, 2.45) is 0 Å². The Labute approximate surface area is 204 Å². The predicted octanol–water partition coefficient (Wildman–Crippen LogP) is 3.97. The molecule has 0 atom stereocenters. The molecule has 4 rings (SSSR count). The first-order chi connectivity index (χ1) is 16.6. The molecule has 7 nitrogen and oxygen atoms in total. The summed E-state index contributed by atoms with van der Waals surface area (Å²) in [7, 11) is 0. The van der Waals surface area contributed by atoms with Crippen LogP contribution in [-0.4, -0.2) is 54.0 Å². The van der Waals surface area contributed by atoms with Crippen LogP contribution in [0.2, 0.25) is 0 Å². The van der Waals surface area contributed by atoms with Gasteiger partial charge >= 0.3 is 0 Å². The minimum absolute atomic E-state index is 0.0149. The van der Waals surface area contributed by atoms with Crippen LogP contribution < -0.4 is 15.4 Å². The van der Waals surface area contributed by atoms with Gasteiger partial charge in [0.1, 0.15) is 10.8 Å². The minimum Gasteiger partial charge on any atom is -0.493 e. The van der Waals surface area contributed by atoms with E-state index in [2.05, 4.69) is 20.5 Å². The zero-order chi connectivity index (χ0) is 23.8. The topological polar surface area (TPSA) is 83.6 Å². The van der Waals surface area contributed by atoms with Crippen molar-refractivity contribution in [3.63, 3.8) is 0 Å². The molecular weight excluding hydrogens is 448 g/mol. The van der Waals surface area contributed by atoms with Crippen LogP contribution >= 0.6 is 11.3 Å². The maximum Gasteiger partial charge on any atom is 0.238 e. The van der Waals surface area contributed by atoms with Crippen LogP contribution in [0.1, 0.15) is 25.5 Å². The lowest BCUT2D eigenvalue weighted by Crippen LogP contribution is -2.46. The lowest BCUT2D eigenvalue weighted by Gasteiger charge is -2.31. The molecule has 2 aromatic carbocycles. The van der Waals surface area contributed by atoms with Gasteiger partial charge in [0, 0.05) is 30.2 Å². The third kappa shape index (κ3) is 6.65. The second-order valence-corrected chi connectivity index (χ2v) is 9.14. The van der Waals surface area contributed by atoms with Crippen molar-refractivity contribution < 1.29 is 14.3 Å². The highest BCUT2D eigenvalue weighted by atomic mass is 32.1. The smallest absolute Gasteiger partial charge is 0.238 e. The Kier molecular flexibility index (Phi) is 8.27. The summed E-state index contributed by atoms with van der Waals surface area (Å²) in [6, 6.07) is 17.4. The number of rotatable bonds is 9. The van der Waals surface area contributed by atoms with E-state index in [1.807, 2.05) is 66.9 Å². The summed E-state index contributed by atoms with van der Waals surface area (Å²) in [4.78, 5) is 31.7. The standard InChI is InChI=1S/C26H30N4O3S/c1-2-33-23-11-7-6-10-22(23)26-29-21(18-34-26)16-24(31)27-20-12-14-30(15-13-20)17-25(32)28-19-8-4-3-5-9-19/h3-11,18,20H,2,12-17H2,1H3,(H,27,31)(H,28,32). The Morgan fingerprint density at radius 1 is 1.06 bits per heavy atom. The Morgan fingerprint density at radius 2 is 1.79 bits per heavy atom. The number of hydrogen-bond donors (Lipinski definition) is 2. The van der Waals surface area contributed by atoms with E-state index in [0.29, 0.717) is 13.2 Å².